The van der Waals surface area contributed by atoms with Crippen LogP contribution in [-0.4, -0.2) is 26.1 Å². The maximum absolute atomic E-state index is 13.8. The molecule has 122 valence electrons. The molecule has 0 atom stereocenters. The maximum atomic E-state index is 13.8. The van der Waals surface area contributed by atoms with Crippen molar-refractivity contribution < 1.29 is 18.3 Å². The Balaban J connectivity index is 1.96. The third-order valence-corrected chi connectivity index (χ3v) is 3.15. The van der Waals surface area contributed by atoms with Crippen molar-refractivity contribution in [1.82, 2.24) is 10.6 Å². The predicted octanol–water partition coefficient (Wildman–Crippen LogP) is 2.07. The van der Waals surface area contributed by atoms with E-state index in [1.807, 2.05) is 6.07 Å². The van der Waals surface area contributed by atoms with Crippen molar-refractivity contribution >= 4 is 11.9 Å². The van der Waals surface area contributed by atoms with Gasteiger partial charge in [0.25, 0.3) is 0 Å². The van der Waals surface area contributed by atoms with Gasteiger partial charge < -0.3 is 19.8 Å². The van der Waals surface area contributed by atoms with Crippen molar-refractivity contribution in [3.63, 3.8) is 0 Å². The number of esters is 1. The molecule has 0 spiro atoms. The van der Waals surface area contributed by atoms with E-state index in [1.165, 1.54) is 25.3 Å². The number of ether oxygens (including phenoxy) is 1. The topological polar surface area (TPSA) is 75.9 Å². The van der Waals surface area contributed by atoms with Crippen LogP contribution in [0, 0.1) is 5.82 Å². The third-order valence-electron chi connectivity index (χ3n) is 3.15. The highest BCUT2D eigenvalue weighted by atomic mass is 19.1. The molecular formula is C16H18FN3O3. The minimum Gasteiger partial charge on any atom is -0.467 e. The molecule has 0 bridgehead atoms. The Bertz CT molecular complexity index is 684. The van der Waals surface area contributed by atoms with Crippen molar-refractivity contribution in [3.05, 3.63) is 59.3 Å². The van der Waals surface area contributed by atoms with E-state index in [1.54, 1.807) is 19.4 Å². The number of halogens is 1. The van der Waals surface area contributed by atoms with Gasteiger partial charge in [0.15, 0.2) is 5.96 Å². The van der Waals surface area contributed by atoms with E-state index in [9.17, 15) is 9.18 Å². The Morgan fingerprint density at radius 3 is 2.74 bits per heavy atom. The molecule has 2 rings (SSSR count). The summed E-state index contributed by atoms with van der Waals surface area (Å²) in [5.74, 6) is 0.328. The van der Waals surface area contributed by atoms with Crippen molar-refractivity contribution in [2.75, 3.05) is 14.2 Å². The zero-order chi connectivity index (χ0) is 16.7. The van der Waals surface area contributed by atoms with Crippen molar-refractivity contribution in [1.29, 1.82) is 0 Å². The van der Waals surface area contributed by atoms with Crippen molar-refractivity contribution in [2.24, 2.45) is 4.99 Å². The lowest BCUT2D eigenvalue weighted by Gasteiger charge is -2.12. The van der Waals surface area contributed by atoms with E-state index in [0.29, 0.717) is 23.6 Å². The van der Waals surface area contributed by atoms with Crippen LogP contribution in [0.5, 0.6) is 0 Å². The van der Waals surface area contributed by atoms with E-state index in [0.717, 1.165) is 5.76 Å². The number of hydrogen-bond donors (Lipinski definition) is 2. The Hall–Kier alpha value is -2.83. The van der Waals surface area contributed by atoms with Gasteiger partial charge in [-0.05, 0) is 30.3 Å². The molecule has 0 fully saturated rings. The largest absolute Gasteiger partial charge is 0.467 e. The summed E-state index contributed by atoms with van der Waals surface area (Å²) in [6.45, 7) is 0.631. The van der Waals surface area contributed by atoms with Crippen LogP contribution < -0.4 is 10.6 Å². The van der Waals surface area contributed by atoms with Gasteiger partial charge in [-0.15, -0.1) is 0 Å². The van der Waals surface area contributed by atoms with E-state index in [4.69, 9.17) is 4.42 Å². The third kappa shape index (κ3) is 4.57. The van der Waals surface area contributed by atoms with Crippen molar-refractivity contribution in [3.8, 4) is 0 Å². The molecule has 2 aromatic rings. The molecule has 2 N–H and O–H groups in total. The van der Waals surface area contributed by atoms with E-state index in [-0.39, 0.29) is 6.54 Å². The summed E-state index contributed by atoms with van der Waals surface area (Å²) in [5.41, 5.74) is 0.637. The molecule has 0 aliphatic carbocycles. The zero-order valence-corrected chi connectivity index (χ0v) is 12.9. The maximum Gasteiger partial charge on any atom is 0.337 e. The lowest BCUT2D eigenvalue weighted by molar-refractivity contribution is 0.0600. The number of carbonyl (C=O) groups excluding carboxylic acids is 1. The summed E-state index contributed by atoms with van der Waals surface area (Å²) in [4.78, 5) is 15.5. The minimum atomic E-state index is -0.508. The Morgan fingerprint density at radius 2 is 2.09 bits per heavy atom. The first-order valence-electron chi connectivity index (χ1n) is 6.97. The van der Waals surface area contributed by atoms with Crippen LogP contribution in [0.15, 0.2) is 46.0 Å². The fraction of sp³-hybridized carbons (Fsp3) is 0.250. The number of nitrogens with zero attached hydrogens (tertiary/aromatic N) is 1. The number of rotatable bonds is 5. The highest BCUT2D eigenvalue weighted by molar-refractivity contribution is 5.89. The zero-order valence-electron chi connectivity index (χ0n) is 12.9. The number of guanidine groups is 1. The van der Waals surface area contributed by atoms with Crippen LogP contribution in [0.25, 0.3) is 0 Å². The van der Waals surface area contributed by atoms with Gasteiger partial charge in [-0.2, -0.15) is 0 Å². The normalized spacial score (nSPS) is 11.2. The van der Waals surface area contributed by atoms with Crippen LogP contribution in [-0.2, 0) is 17.8 Å². The summed E-state index contributed by atoms with van der Waals surface area (Å²) in [6.07, 6.45) is 1.58. The summed E-state index contributed by atoms with van der Waals surface area (Å²) < 4.78 is 23.7. The van der Waals surface area contributed by atoms with Crippen LogP contribution in [0.1, 0.15) is 21.7 Å². The summed E-state index contributed by atoms with van der Waals surface area (Å²) in [7, 11) is 2.89. The second-order valence-corrected chi connectivity index (χ2v) is 4.66. The number of benzene rings is 1. The number of aliphatic imine (C=N–C) groups is 1. The predicted molar refractivity (Wildman–Crippen MR) is 83.5 cm³/mol. The SMILES string of the molecule is CN=C(NCc1ccco1)NCc1cc(C(=O)OC)ccc1F. The molecule has 23 heavy (non-hydrogen) atoms. The average molecular weight is 319 g/mol. The van der Waals surface area contributed by atoms with E-state index in [2.05, 4.69) is 20.4 Å². The highest BCUT2D eigenvalue weighted by Crippen LogP contribution is 2.11. The molecule has 0 aliphatic rings. The van der Waals surface area contributed by atoms with Gasteiger partial charge in [0.1, 0.15) is 11.6 Å². The molecule has 1 aromatic heterocycles. The number of furan rings is 1. The molecule has 0 unspecified atom stereocenters. The summed E-state index contributed by atoms with van der Waals surface area (Å²) >= 11 is 0. The number of nitrogens with one attached hydrogen (secondary N) is 2. The van der Waals surface area contributed by atoms with Crippen LogP contribution >= 0.6 is 0 Å². The van der Waals surface area contributed by atoms with E-state index >= 15 is 0 Å². The number of carbonyl (C=O) groups is 1. The Morgan fingerprint density at radius 1 is 1.30 bits per heavy atom. The standard InChI is InChI=1S/C16H18FN3O3/c1-18-16(20-10-13-4-3-7-23-13)19-9-12-8-11(15(21)22-2)5-6-14(12)17/h3-8H,9-10H2,1-2H3,(H2,18,19,20). The molecule has 1 heterocycles. The lowest BCUT2D eigenvalue weighted by atomic mass is 10.1. The molecule has 6 nitrogen and oxygen atoms in total. The molecule has 0 aliphatic heterocycles. The molecule has 0 radical (unpaired) electrons. The van der Waals surface area contributed by atoms with Gasteiger partial charge in [0, 0.05) is 19.2 Å². The second kappa shape index (κ2) is 7.98. The fourth-order valence-corrected chi connectivity index (χ4v) is 1.94. The molecule has 1 aromatic carbocycles. The monoisotopic (exact) mass is 319 g/mol. The van der Waals surface area contributed by atoms with Crippen LogP contribution in [0.2, 0.25) is 0 Å². The van der Waals surface area contributed by atoms with Gasteiger partial charge in [-0.1, -0.05) is 0 Å². The highest BCUT2D eigenvalue weighted by Gasteiger charge is 2.10. The first-order valence-corrected chi connectivity index (χ1v) is 6.97. The number of hydrogen-bond acceptors (Lipinski definition) is 4. The number of methoxy groups -OCH3 is 1. The van der Waals surface area contributed by atoms with Gasteiger partial charge in [0.2, 0.25) is 0 Å². The van der Waals surface area contributed by atoms with Gasteiger partial charge in [-0.25, -0.2) is 9.18 Å². The Labute approximate surface area is 133 Å². The quantitative estimate of drug-likeness (QED) is 0.501. The molecular weight excluding hydrogens is 301 g/mol. The molecule has 7 heteroatoms. The Kier molecular flexibility index (Phi) is 5.74. The first-order chi connectivity index (χ1) is 11.1. The van der Waals surface area contributed by atoms with Gasteiger partial charge in [-0.3, -0.25) is 4.99 Å². The molecule has 0 amide bonds. The molecule has 0 saturated carbocycles. The first kappa shape index (κ1) is 16.5. The van der Waals surface area contributed by atoms with E-state index < -0.39 is 11.8 Å². The lowest BCUT2D eigenvalue weighted by Crippen LogP contribution is -2.36. The van der Waals surface area contributed by atoms with Gasteiger partial charge in [0.05, 0.1) is 25.5 Å². The minimum absolute atomic E-state index is 0.175. The smallest absolute Gasteiger partial charge is 0.337 e. The summed E-state index contributed by atoms with van der Waals surface area (Å²) in [6, 6.07) is 7.70. The fourth-order valence-electron chi connectivity index (χ4n) is 1.94. The van der Waals surface area contributed by atoms with Crippen LogP contribution in [0.3, 0.4) is 0 Å². The van der Waals surface area contributed by atoms with Crippen molar-refractivity contribution in [2.45, 2.75) is 13.1 Å². The van der Waals surface area contributed by atoms with Gasteiger partial charge >= 0.3 is 5.97 Å². The molecule has 0 saturated heterocycles. The van der Waals surface area contributed by atoms with Crippen LogP contribution in [0.4, 0.5) is 4.39 Å². The summed E-state index contributed by atoms with van der Waals surface area (Å²) in [5, 5.41) is 6.02. The second-order valence-electron chi connectivity index (χ2n) is 4.66. The average Bonchev–Trinajstić information content (AvgIpc) is 3.09.